The highest BCUT2D eigenvalue weighted by molar-refractivity contribution is 5.02. The van der Waals surface area contributed by atoms with Gasteiger partial charge in [-0.2, -0.15) is 0 Å². The Labute approximate surface area is 119 Å². The summed E-state index contributed by atoms with van der Waals surface area (Å²) in [5.74, 6) is 1.50. The van der Waals surface area contributed by atoms with Crippen LogP contribution in [0.2, 0.25) is 0 Å². The van der Waals surface area contributed by atoms with Crippen LogP contribution in [-0.2, 0) is 0 Å². The summed E-state index contributed by atoms with van der Waals surface area (Å²) in [5, 5.41) is 4.04. The van der Waals surface area contributed by atoms with E-state index in [-0.39, 0.29) is 5.54 Å². The van der Waals surface area contributed by atoms with Crippen molar-refractivity contribution in [3.8, 4) is 0 Å². The Morgan fingerprint density at radius 2 is 1.89 bits per heavy atom. The van der Waals surface area contributed by atoms with Crippen molar-refractivity contribution < 1.29 is 0 Å². The van der Waals surface area contributed by atoms with Crippen LogP contribution in [0, 0.1) is 17.3 Å². The van der Waals surface area contributed by atoms with Crippen molar-refractivity contribution in [3.63, 3.8) is 0 Å². The second-order valence-electron chi connectivity index (χ2n) is 8.20. The van der Waals surface area contributed by atoms with E-state index in [0.717, 1.165) is 18.4 Å². The van der Waals surface area contributed by atoms with Gasteiger partial charge in [-0.05, 0) is 49.4 Å². The lowest BCUT2D eigenvalue weighted by atomic mass is 9.67. The van der Waals surface area contributed by atoms with E-state index in [1.54, 1.807) is 0 Å². The fourth-order valence-electron chi connectivity index (χ4n) is 4.70. The number of nitrogens with two attached hydrogens (primary N) is 1. The van der Waals surface area contributed by atoms with Crippen molar-refractivity contribution in [2.75, 3.05) is 6.54 Å². The molecule has 0 spiro atoms. The molecule has 2 nitrogen and oxygen atoms in total. The van der Waals surface area contributed by atoms with Crippen LogP contribution in [0.1, 0.15) is 72.6 Å². The average molecular weight is 266 g/mol. The second-order valence-corrected chi connectivity index (χ2v) is 8.20. The van der Waals surface area contributed by atoms with Gasteiger partial charge in [0.25, 0.3) is 0 Å². The molecule has 2 aliphatic rings. The minimum absolute atomic E-state index is 0.220. The van der Waals surface area contributed by atoms with Crippen molar-refractivity contribution in [2.24, 2.45) is 23.0 Å². The van der Waals surface area contributed by atoms with Crippen LogP contribution in [0.3, 0.4) is 0 Å². The van der Waals surface area contributed by atoms with Crippen LogP contribution in [0.25, 0.3) is 0 Å². The van der Waals surface area contributed by atoms with E-state index in [1.807, 2.05) is 0 Å². The molecule has 2 fully saturated rings. The molecule has 2 saturated carbocycles. The lowest BCUT2D eigenvalue weighted by molar-refractivity contribution is 0.0944. The monoisotopic (exact) mass is 266 g/mol. The van der Waals surface area contributed by atoms with E-state index in [2.05, 4.69) is 33.0 Å². The summed E-state index contributed by atoms with van der Waals surface area (Å²) in [6.07, 6.45) is 9.39. The molecule has 112 valence electrons. The average Bonchev–Trinajstić information content (AvgIpc) is 2.68. The lowest BCUT2D eigenvalue weighted by Crippen LogP contribution is -2.61. The molecule has 0 radical (unpaired) electrons. The largest absolute Gasteiger partial charge is 0.329 e. The second kappa shape index (κ2) is 5.73. The van der Waals surface area contributed by atoms with Gasteiger partial charge in [-0.25, -0.2) is 0 Å². The SMILES string of the molecule is CC(C)C1CCCCC1(CN)NC1CCC(C)(C)C1. The molecule has 0 aromatic rings. The Morgan fingerprint density at radius 3 is 2.42 bits per heavy atom. The molecular formula is C17H34N2. The van der Waals surface area contributed by atoms with Crippen LogP contribution in [0.4, 0.5) is 0 Å². The fraction of sp³-hybridized carbons (Fsp3) is 1.00. The van der Waals surface area contributed by atoms with Crippen molar-refractivity contribution in [2.45, 2.75) is 84.2 Å². The Bertz CT molecular complexity index is 298. The highest BCUT2D eigenvalue weighted by Crippen LogP contribution is 2.42. The highest BCUT2D eigenvalue weighted by Gasteiger charge is 2.44. The van der Waals surface area contributed by atoms with E-state index < -0.39 is 0 Å². The lowest BCUT2D eigenvalue weighted by Gasteiger charge is -2.48. The predicted octanol–water partition coefficient (Wildman–Crippen LogP) is 3.70. The quantitative estimate of drug-likeness (QED) is 0.814. The van der Waals surface area contributed by atoms with Crippen LogP contribution in [0.15, 0.2) is 0 Å². The maximum atomic E-state index is 6.25. The minimum Gasteiger partial charge on any atom is -0.329 e. The normalized spacial score (nSPS) is 38.8. The van der Waals surface area contributed by atoms with Crippen molar-refractivity contribution >= 4 is 0 Å². The first-order chi connectivity index (χ1) is 8.88. The van der Waals surface area contributed by atoms with Gasteiger partial charge in [0, 0.05) is 18.1 Å². The van der Waals surface area contributed by atoms with Gasteiger partial charge >= 0.3 is 0 Å². The topological polar surface area (TPSA) is 38.0 Å². The Hall–Kier alpha value is -0.0800. The molecule has 2 heteroatoms. The molecule has 3 atom stereocenters. The van der Waals surface area contributed by atoms with Crippen LogP contribution in [0.5, 0.6) is 0 Å². The molecule has 0 aliphatic heterocycles. The van der Waals surface area contributed by atoms with E-state index >= 15 is 0 Å². The molecule has 19 heavy (non-hydrogen) atoms. The Kier molecular flexibility index (Phi) is 4.62. The zero-order valence-electron chi connectivity index (χ0n) is 13.5. The molecule has 2 aliphatic carbocycles. The summed E-state index contributed by atoms with van der Waals surface area (Å²) in [7, 11) is 0. The molecule has 0 bridgehead atoms. The third-order valence-electron chi connectivity index (χ3n) is 5.73. The summed E-state index contributed by atoms with van der Waals surface area (Å²) in [6, 6.07) is 0.693. The molecule has 0 amide bonds. The van der Waals surface area contributed by atoms with Gasteiger partial charge in [0.1, 0.15) is 0 Å². The Morgan fingerprint density at radius 1 is 1.16 bits per heavy atom. The van der Waals surface area contributed by atoms with Crippen molar-refractivity contribution in [1.82, 2.24) is 5.32 Å². The molecular weight excluding hydrogens is 232 g/mol. The maximum absolute atomic E-state index is 6.25. The van der Waals surface area contributed by atoms with Gasteiger partial charge in [0.05, 0.1) is 0 Å². The van der Waals surface area contributed by atoms with Gasteiger partial charge < -0.3 is 11.1 Å². The summed E-state index contributed by atoms with van der Waals surface area (Å²) in [5.41, 5.74) is 6.99. The third kappa shape index (κ3) is 3.33. The van der Waals surface area contributed by atoms with E-state index in [0.29, 0.717) is 11.5 Å². The highest BCUT2D eigenvalue weighted by atomic mass is 15.1. The van der Waals surface area contributed by atoms with Gasteiger partial charge in [-0.1, -0.05) is 40.5 Å². The maximum Gasteiger partial charge on any atom is 0.0337 e. The third-order valence-corrected chi connectivity index (χ3v) is 5.73. The van der Waals surface area contributed by atoms with Gasteiger partial charge in [0.2, 0.25) is 0 Å². The molecule has 0 saturated heterocycles. The van der Waals surface area contributed by atoms with Gasteiger partial charge in [-0.3, -0.25) is 0 Å². The fourth-order valence-corrected chi connectivity index (χ4v) is 4.70. The van der Waals surface area contributed by atoms with Crippen LogP contribution >= 0.6 is 0 Å². The molecule has 0 aromatic carbocycles. The molecule has 0 heterocycles. The molecule has 3 unspecified atom stereocenters. The first-order valence-corrected chi connectivity index (χ1v) is 8.36. The summed E-state index contributed by atoms with van der Waals surface area (Å²) in [6.45, 7) is 10.4. The molecule has 2 rings (SSSR count). The van der Waals surface area contributed by atoms with Gasteiger partial charge in [0.15, 0.2) is 0 Å². The molecule has 3 N–H and O–H groups in total. The summed E-state index contributed by atoms with van der Waals surface area (Å²) < 4.78 is 0. The number of hydrogen-bond donors (Lipinski definition) is 2. The van der Waals surface area contributed by atoms with E-state index in [9.17, 15) is 0 Å². The Balaban J connectivity index is 2.08. The van der Waals surface area contributed by atoms with E-state index in [4.69, 9.17) is 5.73 Å². The summed E-state index contributed by atoms with van der Waals surface area (Å²) >= 11 is 0. The number of hydrogen-bond acceptors (Lipinski definition) is 2. The van der Waals surface area contributed by atoms with Crippen molar-refractivity contribution in [3.05, 3.63) is 0 Å². The van der Waals surface area contributed by atoms with Crippen LogP contribution in [-0.4, -0.2) is 18.1 Å². The minimum atomic E-state index is 0.220. The first kappa shape index (κ1) is 15.3. The zero-order valence-corrected chi connectivity index (χ0v) is 13.5. The van der Waals surface area contributed by atoms with Crippen molar-refractivity contribution in [1.29, 1.82) is 0 Å². The smallest absolute Gasteiger partial charge is 0.0337 e. The predicted molar refractivity (Wildman–Crippen MR) is 83.1 cm³/mol. The number of nitrogens with one attached hydrogen (secondary N) is 1. The standard InChI is InChI=1S/C17H34N2/c1-13(2)15-7-5-6-9-17(15,12-18)19-14-8-10-16(3,4)11-14/h13-15,19H,5-12,18H2,1-4H3. The number of rotatable bonds is 4. The zero-order chi connectivity index (χ0) is 14.1. The van der Waals surface area contributed by atoms with Crippen LogP contribution < -0.4 is 11.1 Å². The first-order valence-electron chi connectivity index (χ1n) is 8.36. The molecule has 0 aromatic heterocycles. The van der Waals surface area contributed by atoms with Gasteiger partial charge in [-0.15, -0.1) is 0 Å². The van der Waals surface area contributed by atoms with E-state index in [1.165, 1.54) is 44.9 Å². The summed E-state index contributed by atoms with van der Waals surface area (Å²) in [4.78, 5) is 0.